The van der Waals surface area contributed by atoms with Gasteiger partial charge in [0.05, 0.1) is 11.7 Å². The molecule has 3 aromatic rings. The molecule has 146 valence electrons. The fourth-order valence-electron chi connectivity index (χ4n) is 4.46. The SMILES string of the molecule is Cc1nc2cc(O)c(-c3ccc(N(C)[C@@H]4C[C@H]5CC[C@H](N5)[C@@H]4F)nn3)cc2o1. The first kappa shape index (κ1) is 17.4. The molecule has 2 fully saturated rings. The van der Waals surface area contributed by atoms with Crippen LogP contribution in [0.25, 0.3) is 22.4 Å². The number of rotatable bonds is 3. The highest BCUT2D eigenvalue weighted by atomic mass is 19.1. The van der Waals surface area contributed by atoms with Crippen LogP contribution in [-0.2, 0) is 0 Å². The third kappa shape index (κ3) is 2.79. The molecule has 7 nitrogen and oxygen atoms in total. The van der Waals surface area contributed by atoms with Crippen LogP contribution >= 0.6 is 0 Å². The number of hydrogen-bond donors (Lipinski definition) is 2. The number of nitrogens with one attached hydrogen (secondary N) is 1. The van der Waals surface area contributed by atoms with Crippen LogP contribution in [0.4, 0.5) is 10.2 Å². The standard InChI is InChI=1S/C20H22FN5O2/c1-10-22-15-9-17(27)12(8-18(15)28-10)13-5-6-19(25-24-13)26(2)16-7-11-3-4-14(23-11)20(16)21/h5-6,8-9,11,14,16,20,23,27H,3-4,7H2,1-2H3/t11-,14+,16-,20+/m1/s1. The van der Waals surface area contributed by atoms with Crippen molar-refractivity contribution >= 4 is 16.9 Å². The second kappa shape index (κ2) is 6.41. The van der Waals surface area contributed by atoms with Crippen LogP contribution in [0.5, 0.6) is 5.75 Å². The Kier molecular flexibility index (Phi) is 3.97. The Hall–Kier alpha value is -2.74. The van der Waals surface area contributed by atoms with Gasteiger partial charge in [-0.25, -0.2) is 9.37 Å². The van der Waals surface area contributed by atoms with E-state index in [0.717, 1.165) is 19.3 Å². The molecule has 8 heteroatoms. The molecule has 2 N–H and O–H groups in total. The van der Waals surface area contributed by atoms with E-state index in [0.29, 0.717) is 40.1 Å². The number of piperidine rings is 1. The van der Waals surface area contributed by atoms with E-state index in [2.05, 4.69) is 20.5 Å². The Morgan fingerprint density at radius 1 is 1.25 bits per heavy atom. The highest BCUT2D eigenvalue weighted by Gasteiger charge is 2.43. The number of nitrogens with zero attached hydrogens (tertiary/aromatic N) is 4. The molecule has 2 aliphatic heterocycles. The molecular weight excluding hydrogens is 361 g/mol. The number of aromatic hydroxyl groups is 1. The molecule has 28 heavy (non-hydrogen) atoms. The Labute approximate surface area is 161 Å². The first-order valence-corrected chi connectivity index (χ1v) is 9.57. The van der Waals surface area contributed by atoms with Gasteiger partial charge < -0.3 is 19.7 Å². The van der Waals surface area contributed by atoms with Crippen molar-refractivity contribution in [1.29, 1.82) is 0 Å². The van der Waals surface area contributed by atoms with Crippen molar-refractivity contribution in [2.75, 3.05) is 11.9 Å². The van der Waals surface area contributed by atoms with E-state index in [1.807, 2.05) is 18.0 Å². The highest BCUT2D eigenvalue weighted by Crippen LogP contribution is 2.35. The fraction of sp³-hybridized carbons (Fsp3) is 0.450. The van der Waals surface area contributed by atoms with E-state index in [9.17, 15) is 9.50 Å². The number of phenols is 1. The summed E-state index contributed by atoms with van der Waals surface area (Å²) >= 11 is 0. The van der Waals surface area contributed by atoms with E-state index in [4.69, 9.17) is 4.42 Å². The Balaban J connectivity index is 1.42. The van der Waals surface area contributed by atoms with Gasteiger partial charge in [0, 0.05) is 37.7 Å². The molecule has 2 aromatic heterocycles. The van der Waals surface area contributed by atoms with Crippen molar-refractivity contribution in [2.24, 2.45) is 0 Å². The van der Waals surface area contributed by atoms with E-state index >= 15 is 0 Å². The smallest absolute Gasteiger partial charge is 0.192 e. The van der Waals surface area contributed by atoms with Crippen molar-refractivity contribution in [3.8, 4) is 17.0 Å². The molecule has 5 rings (SSSR count). The zero-order valence-corrected chi connectivity index (χ0v) is 15.8. The lowest BCUT2D eigenvalue weighted by atomic mass is 9.96. The molecule has 0 spiro atoms. The third-order valence-electron chi connectivity index (χ3n) is 5.95. The van der Waals surface area contributed by atoms with Crippen LogP contribution in [0.2, 0.25) is 0 Å². The number of fused-ring (bicyclic) bond motifs is 3. The molecule has 0 saturated carbocycles. The maximum atomic E-state index is 14.8. The molecule has 4 heterocycles. The van der Waals surface area contributed by atoms with Gasteiger partial charge in [0.25, 0.3) is 0 Å². The molecule has 0 radical (unpaired) electrons. The first-order chi connectivity index (χ1) is 13.5. The van der Waals surface area contributed by atoms with Crippen molar-refractivity contribution in [2.45, 2.75) is 50.5 Å². The summed E-state index contributed by atoms with van der Waals surface area (Å²) < 4.78 is 20.4. The van der Waals surface area contributed by atoms with Gasteiger partial charge in [0.2, 0.25) is 0 Å². The molecular formula is C20H22FN5O2. The van der Waals surface area contributed by atoms with Gasteiger partial charge in [-0.1, -0.05) is 0 Å². The lowest BCUT2D eigenvalue weighted by molar-refractivity contribution is 0.176. The van der Waals surface area contributed by atoms with E-state index < -0.39 is 6.17 Å². The van der Waals surface area contributed by atoms with Crippen molar-refractivity contribution in [3.05, 3.63) is 30.2 Å². The molecule has 2 aliphatic rings. The monoisotopic (exact) mass is 383 g/mol. The summed E-state index contributed by atoms with van der Waals surface area (Å²) in [6.45, 7) is 1.76. The normalized spacial score (nSPS) is 26.7. The second-order valence-electron chi connectivity index (χ2n) is 7.75. The lowest BCUT2D eigenvalue weighted by Crippen LogP contribution is -2.55. The molecule has 0 unspecified atom stereocenters. The minimum Gasteiger partial charge on any atom is -0.507 e. The number of anilines is 1. The molecule has 0 aliphatic carbocycles. The summed E-state index contributed by atoms with van der Waals surface area (Å²) in [6, 6.07) is 6.97. The summed E-state index contributed by atoms with van der Waals surface area (Å²) in [7, 11) is 1.87. The van der Waals surface area contributed by atoms with Crippen LogP contribution < -0.4 is 10.2 Å². The average molecular weight is 383 g/mol. The Bertz CT molecular complexity index is 1020. The van der Waals surface area contributed by atoms with Gasteiger partial charge in [-0.05, 0) is 37.5 Å². The van der Waals surface area contributed by atoms with Crippen LogP contribution in [0.1, 0.15) is 25.2 Å². The first-order valence-electron chi connectivity index (χ1n) is 9.57. The lowest BCUT2D eigenvalue weighted by Gasteiger charge is -2.38. The van der Waals surface area contributed by atoms with Crippen molar-refractivity contribution in [1.82, 2.24) is 20.5 Å². The van der Waals surface area contributed by atoms with Crippen LogP contribution in [-0.4, -0.2) is 51.6 Å². The summed E-state index contributed by atoms with van der Waals surface area (Å²) in [5.41, 5.74) is 2.22. The molecule has 1 aromatic carbocycles. The number of hydrogen-bond acceptors (Lipinski definition) is 7. The largest absolute Gasteiger partial charge is 0.507 e. The molecule has 4 atom stereocenters. The minimum atomic E-state index is -0.925. The Morgan fingerprint density at radius 2 is 2.11 bits per heavy atom. The number of alkyl halides is 1. The van der Waals surface area contributed by atoms with Gasteiger partial charge in [-0.3, -0.25) is 0 Å². The van der Waals surface area contributed by atoms with Crippen molar-refractivity contribution < 1.29 is 13.9 Å². The fourth-order valence-corrected chi connectivity index (χ4v) is 4.46. The van der Waals surface area contributed by atoms with Crippen molar-refractivity contribution in [3.63, 3.8) is 0 Å². The van der Waals surface area contributed by atoms with Gasteiger partial charge in [-0.15, -0.1) is 10.2 Å². The predicted molar refractivity (Wildman–Crippen MR) is 103 cm³/mol. The minimum absolute atomic E-state index is 0.0625. The Morgan fingerprint density at radius 3 is 2.89 bits per heavy atom. The summed E-state index contributed by atoms with van der Waals surface area (Å²) in [5.74, 6) is 1.22. The van der Waals surface area contributed by atoms with E-state index in [1.165, 1.54) is 0 Å². The molecule has 2 saturated heterocycles. The van der Waals surface area contributed by atoms with Gasteiger partial charge in [0.1, 0.15) is 17.4 Å². The van der Waals surface area contributed by atoms with E-state index in [1.54, 1.807) is 25.1 Å². The number of aryl methyl sites for hydroxylation is 1. The highest BCUT2D eigenvalue weighted by molar-refractivity contribution is 5.83. The maximum absolute atomic E-state index is 14.8. The quantitative estimate of drug-likeness (QED) is 0.719. The van der Waals surface area contributed by atoms with Gasteiger partial charge in [0.15, 0.2) is 17.3 Å². The number of aromatic nitrogens is 3. The molecule has 0 amide bonds. The van der Waals surface area contributed by atoms with Gasteiger partial charge in [-0.2, -0.15) is 0 Å². The van der Waals surface area contributed by atoms with Crippen LogP contribution in [0.3, 0.4) is 0 Å². The topological polar surface area (TPSA) is 87.3 Å². The second-order valence-corrected chi connectivity index (χ2v) is 7.75. The summed E-state index contributed by atoms with van der Waals surface area (Å²) in [4.78, 5) is 6.10. The predicted octanol–water partition coefficient (Wildman–Crippen LogP) is 2.97. The van der Waals surface area contributed by atoms with Crippen LogP contribution in [0, 0.1) is 6.92 Å². The number of phenolic OH excluding ortho intramolecular Hbond substituents is 1. The number of benzene rings is 1. The zero-order valence-electron chi connectivity index (χ0n) is 15.8. The number of oxazole rings is 1. The third-order valence-corrected chi connectivity index (χ3v) is 5.95. The maximum Gasteiger partial charge on any atom is 0.192 e. The van der Waals surface area contributed by atoms with Gasteiger partial charge >= 0.3 is 0 Å². The number of halogens is 1. The average Bonchev–Trinajstić information content (AvgIpc) is 3.26. The van der Waals surface area contributed by atoms with E-state index in [-0.39, 0.29) is 17.8 Å². The summed E-state index contributed by atoms with van der Waals surface area (Å²) in [6.07, 6.45) is 1.76. The zero-order chi connectivity index (χ0) is 19.4. The molecule has 2 bridgehead atoms. The summed E-state index contributed by atoms with van der Waals surface area (Å²) in [5, 5.41) is 22.2. The van der Waals surface area contributed by atoms with Crippen LogP contribution in [0.15, 0.2) is 28.7 Å².